The quantitative estimate of drug-likeness (QED) is 0.586. The van der Waals surface area contributed by atoms with Crippen molar-refractivity contribution >= 4 is 22.6 Å². The first-order valence-electron chi connectivity index (χ1n) is 3.38. The van der Waals surface area contributed by atoms with Crippen LogP contribution in [0.1, 0.15) is 5.69 Å². The molecule has 0 aromatic carbocycles. The van der Waals surface area contributed by atoms with Crippen molar-refractivity contribution in [1.82, 2.24) is 4.98 Å². The van der Waals surface area contributed by atoms with Gasteiger partial charge in [0.25, 0.3) is 0 Å². The Balaban J connectivity index is 3.09. The number of aryl methyl sites for hydroxylation is 1. The molecular weight excluding hydrogens is 317 g/mol. The summed E-state index contributed by atoms with van der Waals surface area (Å²) in [6, 6.07) is 1.03. The first-order valence-corrected chi connectivity index (χ1v) is 4.46. The molecule has 78 valence electrons. The second-order valence-electron chi connectivity index (χ2n) is 2.41. The summed E-state index contributed by atoms with van der Waals surface area (Å²) >= 11 is 1.40. The van der Waals surface area contributed by atoms with Crippen molar-refractivity contribution < 1.29 is 22.3 Å². The predicted octanol–water partition coefficient (Wildman–Crippen LogP) is 3.03. The van der Waals surface area contributed by atoms with E-state index in [2.05, 4.69) is 9.72 Å². The average molecular weight is 321 g/mol. The largest absolute Gasteiger partial charge is 0.574 e. The molecule has 0 aliphatic carbocycles. The third kappa shape index (κ3) is 2.96. The Morgan fingerprint density at radius 3 is 2.50 bits per heavy atom. The molecule has 0 aliphatic heterocycles. The standard InChI is InChI=1S/C7H4F4INO/c1-3-2-4(8)5(12)6(13-3)14-7(9,10)11/h2H,1H3. The molecule has 0 saturated heterocycles. The van der Waals surface area contributed by atoms with Gasteiger partial charge in [0.1, 0.15) is 9.39 Å². The number of rotatable bonds is 1. The Kier molecular flexibility index (Phi) is 3.17. The van der Waals surface area contributed by atoms with Crippen LogP contribution in [0.4, 0.5) is 17.6 Å². The van der Waals surface area contributed by atoms with E-state index in [9.17, 15) is 17.6 Å². The van der Waals surface area contributed by atoms with Crippen LogP contribution in [0.25, 0.3) is 0 Å². The van der Waals surface area contributed by atoms with Gasteiger partial charge in [0, 0.05) is 5.69 Å². The van der Waals surface area contributed by atoms with Gasteiger partial charge in [-0.25, -0.2) is 9.37 Å². The molecule has 1 aromatic rings. The highest BCUT2D eigenvalue weighted by atomic mass is 127. The second-order valence-corrected chi connectivity index (χ2v) is 3.49. The molecule has 0 unspecified atom stereocenters. The Labute approximate surface area is 90.4 Å². The molecule has 1 heterocycles. The topological polar surface area (TPSA) is 22.1 Å². The first kappa shape index (κ1) is 11.5. The van der Waals surface area contributed by atoms with Crippen LogP contribution in [0.15, 0.2) is 6.07 Å². The highest BCUT2D eigenvalue weighted by Crippen LogP contribution is 2.27. The molecule has 0 N–H and O–H groups in total. The molecule has 0 amide bonds. The minimum absolute atomic E-state index is 0.127. The number of pyridine rings is 1. The Bertz CT molecular complexity index is 352. The average Bonchev–Trinajstić information content (AvgIpc) is 1.96. The summed E-state index contributed by atoms with van der Waals surface area (Å²) in [5, 5.41) is 0. The van der Waals surface area contributed by atoms with E-state index in [0.29, 0.717) is 0 Å². The summed E-state index contributed by atoms with van der Waals surface area (Å²) in [4.78, 5) is 3.43. The maximum Gasteiger partial charge on any atom is 0.574 e. The number of halogens is 5. The number of ether oxygens (including phenoxy) is 1. The normalized spacial score (nSPS) is 11.6. The van der Waals surface area contributed by atoms with Crippen LogP contribution in [0, 0.1) is 16.3 Å². The van der Waals surface area contributed by atoms with Crippen molar-refractivity contribution in [3.8, 4) is 5.88 Å². The fourth-order valence-corrected chi connectivity index (χ4v) is 1.15. The van der Waals surface area contributed by atoms with E-state index in [1.807, 2.05) is 0 Å². The molecular formula is C7H4F4INO. The fraction of sp³-hybridized carbons (Fsp3) is 0.286. The van der Waals surface area contributed by atoms with Crippen LogP contribution < -0.4 is 4.74 Å². The summed E-state index contributed by atoms with van der Waals surface area (Å²) in [5.41, 5.74) is 0.127. The molecule has 0 radical (unpaired) electrons. The Morgan fingerprint density at radius 2 is 2.00 bits per heavy atom. The number of nitrogens with zero attached hydrogens (tertiary/aromatic N) is 1. The van der Waals surface area contributed by atoms with E-state index in [0.717, 1.165) is 6.07 Å². The molecule has 0 spiro atoms. The predicted molar refractivity (Wildman–Crippen MR) is 48.3 cm³/mol. The van der Waals surface area contributed by atoms with E-state index < -0.39 is 18.1 Å². The minimum Gasteiger partial charge on any atom is -0.387 e. The molecule has 7 heteroatoms. The molecule has 2 nitrogen and oxygen atoms in total. The van der Waals surface area contributed by atoms with Gasteiger partial charge in [-0.3, -0.25) is 0 Å². The van der Waals surface area contributed by atoms with Crippen molar-refractivity contribution in [2.75, 3.05) is 0 Å². The van der Waals surface area contributed by atoms with Gasteiger partial charge in [0.15, 0.2) is 0 Å². The SMILES string of the molecule is Cc1cc(F)c(I)c(OC(F)(F)F)n1. The van der Waals surface area contributed by atoms with Crippen LogP contribution in [0.2, 0.25) is 0 Å². The number of hydrogen-bond acceptors (Lipinski definition) is 2. The van der Waals surface area contributed by atoms with Gasteiger partial charge >= 0.3 is 6.36 Å². The highest BCUT2D eigenvalue weighted by molar-refractivity contribution is 14.1. The highest BCUT2D eigenvalue weighted by Gasteiger charge is 2.33. The van der Waals surface area contributed by atoms with Crippen molar-refractivity contribution in [2.45, 2.75) is 13.3 Å². The van der Waals surface area contributed by atoms with Crippen LogP contribution in [0.3, 0.4) is 0 Å². The molecule has 0 saturated carbocycles. The van der Waals surface area contributed by atoms with Crippen LogP contribution in [-0.2, 0) is 0 Å². The molecule has 0 atom stereocenters. The van der Waals surface area contributed by atoms with Gasteiger partial charge in [-0.2, -0.15) is 0 Å². The third-order valence-electron chi connectivity index (χ3n) is 1.22. The lowest BCUT2D eigenvalue weighted by atomic mass is 10.4. The van der Waals surface area contributed by atoms with E-state index in [-0.39, 0.29) is 9.26 Å². The lowest BCUT2D eigenvalue weighted by Gasteiger charge is -2.10. The van der Waals surface area contributed by atoms with Crippen molar-refractivity contribution in [3.63, 3.8) is 0 Å². The van der Waals surface area contributed by atoms with Gasteiger partial charge in [-0.1, -0.05) is 0 Å². The zero-order valence-corrected chi connectivity index (χ0v) is 8.98. The fourth-order valence-electron chi connectivity index (χ4n) is 0.768. The molecule has 0 fully saturated rings. The van der Waals surface area contributed by atoms with Gasteiger partial charge in [0.2, 0.25) is 5.88 Å². The van der Waals surface area contributed by atoms with Crippen molar-refractivity contribution in [2.24, 2.45) is 0 Å². The van der Waals surface area contributed by atoms with Crippen molar-refractivity contribution in [1.29, 1.82) is 0 Å². The van der Waals surface area contributed by atoms with Crippen molar-refractivity contribution in [3.05, 3.63) is 21.1 Å². The van der Waals surface area contributed by atoms with Crippen LogP contribution in [-0.4, -0.2) is 11.3 Å². The number of alkyl halides is 3. The summed E-state index contributed by atoms with van der Waals surface area (Å²) < 4.78 is 51.6. The van der Waals surface area contributed by atoms with E-state index in [4.69, 9.17) is 0 Å². The van der Waals surface area contributed by atoms with E-state index >= 15 is 0 Å². The maximum atomic E-state index is 12.9. The van der Waals surface area contributed by atoms with E-state index in [1.54, 1.807) is 0 Å². The van der Waals surface area contributed by atoms with Gasteiger partial charge in [-0.05, 0) is 35.6 Å². The molecule has 14 heavy (non-hydrogen) atoms. The third-order valence-corrected chi connectivity index (χ3v) is 2.20. The van der Waals surface area contributed by atoms with E-state index in [1.165, 1.54) is 29.5 Å². The summed E-state index contributed by atoms with van der Waals surface area (Å²) in [7, 11) is 0. The lowest BCUT2D eigenvalue weighted by Crippen LogP contribution is -2.19. The molecule has 1 aromatic heterocycles. The zero-order chi connectivity index (χ0) is 10.9. The van der Waals surface area contributed by atoms with Gasteiger partial charge in [-0.15, -0.1) is 13.2 Å². The summed E-state index contributed by atoms with van der Waals surface area (Å²) in [6.45, 7) is 1.38. The first-order chi connectivity index (χ1) is 6.29. The molecule has 0 bridgehead atoms. The van der Waals surface area contributed by atoms with Gasteiger partial charge < -0.3 is 4.74 Å². The van der Waals surface area contributed by atoms with Crippen LogP contribution in [0.5, 0.6) is 5.88 Å². The van der Waals surface area contributed by atoms with Gasteiger partial charge in [0.05, 0.1) is 0 Å². The molecule has 1 rings (SSSR count). The smallest absolute Gasteiger partial charge is 0.387 e. The molecule has 0 aliphatic rings. The van der Waals surface area contributed by atoms with Crippen LogP contribution >= 0.6 is 22.6 Å². The number of aromatic nitrogens is 1. The monoisotopic (exact) mass is 321 g/mol. The Morgan fingerprint density at radius 1 is 1.43 bits per heavy atom. The lowest BCUT2D eigenvalue weighted by molar-refractivity contribution is -0.276. The Hall–Kier alpha value is -0.600. The second kappa shape index (κ2) is 3.87. The summed E-state index contributed by atoms with van der Waals surface area (Å²) in [6.07, 6.45) is -4.85. The number of hydrogen-bond donors (Lipinski definition) is 0. The summed E-state index contributed by atoms with van der Waals surface area (Å²) in [5.74, 6) is -1.53. The zero-order valence-electron chi connectivity index (χ0n) is 6.82. The minimum atomic E-state index is -4.85. The maximum absolute atomic E-state index is 12.9.